The Morgan fingerprint density at radius 3 is 2.67 bits per heavy atom. The Bertz CT molecular complexity index is 968. The van der Waals surface area contributed by atoms with E-state index in [0.29, 0.717) is 11.0 Å². The molecule has 0 unspecified atom stereocenters. The molecule has 0 saturated carbocycles. The highest BCUT2D eigenvalue weighted by Gasteiger charge is 2.22. The number of esters is 2. The molecule has 0 bridgehead atoms. The van der Waals surface area contributed by atoms with Gasteiger partial charge in [0.25, 0.3) is 0 Å². The van der Waals surface area contributed by atoms with Gasteiger partial charge in [-0.25, -0.2) is 14.8 Å². The fraction of sp³-hybridized carbons (Fsp3) is 0.368. The van der Waals surface area contributed by atoms with Crippen LogP contribution >= 0.6 is 12.4 Å². The predicted molar refractivity (Wildman–Crippen MR) is 106 cm³/mol. The molecule has 8 heteroatoms. The number of likely N-dealkylation sites (N-methyl/N-ethyl adjacent to an activating group) is 1. The number of imidazole rings is 1. The summed E-state index contributed by atoms with van der Waals surface area (Å²) in [7, 11) is 3.46. The lowest BCUT2D eigenvalue weighted by Crippen LogP contribution is -2.26. The number of halogens is 1. The Labute approximate surface area is 163 Å². The zero-order chi connectivity index (χ0) is 18.7. The van der Waals surface area contributed by atoms with Crippen molar-refractivity contribution in [3.8, 4) is 0 Å². The number of aryl methyl sites for hydroxylation is 1. The van der Waals surface area contributed by atoms with Gasteiger partial charge in [0.05, 0.1) is 23.9 Å². The van der Waals surface area contributed by atoms with Gasteiger partial charge < -0.3 is 9.30 Å². The fourth-order valence-corrected chi connectivity index (χ4v) is 2.87. The van der Waals surface area contributed by atoms with Gasteiger partial charge in [-0.3, -0.25) is 9.69 Å². The summed E-state index contributed by atoms with van der Waals surface area (Å²) < 4.78 is 6.99. The molecule has 7 nitrogen and oxygen atoms in total. The van der Waals surface area contributed by atoms with Crippen LogP contribution in [0.3, 0.4) is 0 Å². The summed E-state index contributed by atoms with van der Waals surface area (Å²) in [5.41, 5.74) is 2.05. The zero-order valence-electron chi connectivity index (χ0n) is 15.6. The lowest BCUT2D eigenvalue weighted by atomic mass is 10.1. The number of fused-ring (bicyclic) bond motifs is 3. The van der Waals surface area contributed by atoms with Crippen LogP contribution < -0.4 is 0 Å². The van der Waals surface area contributed by atoms with Crippen molar-refractivity contribution in [2.24, 2.45) is 0 Å². The molecular weight excluding hydrogens is 368 g/mol. The molecular formula is C19H23ClN4O3. The summed E-state index contributed by atoms with van der Waals surface area (Å²) in [6, 6.07) is 7.59. The van der Waals surface area contributed by atoms with Gasteiger partial charge in [-0.2, -0.15) is 0 Å². The lowest BCUT2D eigenvalue weighted by molar-refractivity contribution is -0.138. The minimum atomic E-state index is -0.770. The molecule has 0 radical (unpaired) electrons. The Morgan fingerprint density at radius 1 is 1.22 bits per heavy atom. The molecule has 0 fully saturated rings. The van der Waals surface area contributed by atoms with E-state index in [1.807, 2.05) is 28.8 Å². The van der Waals surface area contributed by atoms with Crippen molar-refractivity contribution in [2.45, 2.75) is 26.3 Å². The number of carbonyl (C=O) groups excluding carboxylic acids is 2. The maximum atomic E-state index is 12.5. The second-order valence-electron chi connectivity index (χ2n) is 6.47. The average molecular weight is 391 g/mol. The van der Waals surface area contributed by atoms with Crippen LogP contribution in [-0.2, 0) is 16.1 Å². The number of pyridine rings is 1. The lowest BCUT2D eigenvalue weighted by Gasteiger charge is -2.10. The second kappa shape index (κ2) is 8.92. The molecule has 0 aliphatic heterocycles. The normalized spacial score (nSPS) is 11.0. The molecule has 144 valence electrons. The summed E-state index contributed by atoms with van der Waals surface area (Å²) in [5.74, 6) is -1.39. The molecule has 0 saturated heterocycles. The van der Waals surface area contributed by atoms with Crippen molar-refractivity contribution in [3.63, 3.8) is 0 Å². The van der Waals surface area contributed by atoms with Crippen molar-refractivity contribution in [2.75, 3.05) is 20.6 Å². The molecule has 0 atom stereocenters. The summed E-state index contributed by atoms with van der Waals surface area (Å²) in [6.07, 6.45) is 3.77. The van der Waals surface area contributed by atoms with Gasteiger partial charge in [0.15, 0.2) is 5.69 Å². The number of para-hydroxylation sites is 1. The topological polar surface area (TPSA) is 77.3 Å². The first-order chi connectivity index (χ1) is 12.5. The third-order valence-electron chi connectivity index (χ3n) is 4.05. The Balaban J connectivity index is 0.00000261. The first kappa shape index (κ1) is 20.8. The highest BCUT2D eigenvalue weighted by molar-refractivity contribution is 6.12. The molecule has 0 N–H and O–H groups in total. The van der Waals surface area contributed by atoms with Gasteiger partial charge >= 0.3 is 11.9 Å². The van der Waals surface area contributed by atoms with E-state index in [0.717, 1.165) is 30.3 Å². The van der Waals surface area contributed by atoms with Crippen molar-refractivity contribution >= 4 is 46.3 Å². The molecule has 1 aromatic carbocycles. The van der Waals surface area contributed by atoms with Crippen LogP contribution in [-0.4, -0.2) is 52.0 Å². The van der Waals surface area contributed by atoms with E-state index in [1.165, 1.54) is 0 Å². The number of ether oxygens (including phenoxy) is 1. The molecule has 0 spiro atoms. The SMILES string of the molecule is CCCCn1cnc2c(C(=O)OC(=O)CN(C)C)nc3ccccc3c21.Cl. The third kappa shape index (κ3) is 4.43. The highest BCUT2D eigenvalue weighted by atomic mass is 35.5. The summed E-state index contributed by atoms with van der Waals surface area (Å²) >= 11 is 0. The quantitative estimate of drug-likeness (QED) is 0.475. The van der Waals surface area contributed by atoms with E-state index in [-0.39, 0.29) is 24.6 Å². The van der Waals surface area contributed by atoms with E-state index in [1.54, 1.807) is 25.3 Å². The second-order valence-corrected chi connectivity index (χ2v) is 6.47. The minimum Gasteiger partial charge on any atom is -0.387 e. The molecule has 2 heterocycles. The van der Waals surface area contributed by atoms with E-state index < -0.39 is 11.9 Å². The minimum absolute atomic E-state index is 0. The third-order valence-corrected chi connectivity index (χ3v) is 4.05. The Hall–Kier alpha value is -2.51. The van der Waals surface area contributed by atoms with Crippen molar-refractivity contribution < 1.29 is 14.3 Å². The summed E-state index contributed by atoms with van der Waals surface area (Å²) in [5, 5.41) is 0.923. The zero-order valence-corrected chi connectivity index (χ0v) is 16.5. The Kier molecular flexibility index (Phi) is 6.87. The Morgan fingerprint density at radius 2 is 1.96 bits per heavy atom. The predicted octanol–water partition coefficient (Wildman–Crippen LogP) is 3.05. The molecule has 0 aliphatic carbocycles. The number of unbranched alkanes of at least 4 members (excludes halogenated alkanes) is 1. The molecule has 0 amide bonds. The number of hydrogen-bond acceptors (Lipinski definition) is 6. The van der Waals surface area contributed by atoms with Gasteiger partial charge in [-0.05, 0) is 26.6 Å². The van der Waals surface area contributed by atoms with Gasteiger partial charge in [0.2, 0.25) is 0 Å². The van der Waals surface area contributed by atoms with Gasteiger partial charge in [0.1, 0.15) is 5.52 Å². The van der Waals surface area contributed by atoms with E-state index in [9.17, 15) is 9.59 Å². The van der Waals surface area contributed by atoms with Crippen molar-refractivity contribution in [1.82, 2.24) is 19.4 Å². The highest BCUT2D eigenvalue weighted by Crippen LogP contribution is 2.26. The maximum Gasteiger partial charge on any atom is 0.366 e. The van der Waals surface area contributed by atoms with Crippen LogP contribution in [0.2, 0.25) is 0 Å². The van der Waals surface area contributed by atoms with E-state index in [4.69, 9.17) is 4.74 Å². The fourth-order valence-electron chi connectivity index (χ4n) is 2.87. The number of benzene rings is 1. The average Bonchev–Trinajstić information content (AvgIpc) is 3.02. The van der Waals surface area contributed by atoms with E-state index >= 15 is 0 Å². The van der Waals surface area contributed by atoms with Crippen LogP contribution in [0, 0.1) is 0 Å². The molecule has 27 heavy (non-hydrogen) atoms. The van der Waals surface area contributed by atoms with Crippen LogP contribution in [0.1, 0.15) is 30.3 Å². The van der Waals surface area contributed by atoms with Crippen molar-refractivity contribution in [1.29, 1.82) is 0 Å². The smallest absolute Gasteiger partial charge is 0.366 e. The van der Waals surface area contributed by atoms with Gasteiger partial charge in [-0.1, -0.05) is 31.5 Å². The standard InChI is InChI=1S/C19H22N4O3.ClH/c1-4-5-10-23-12-20-16-17(19(25)26-15(24)11-22(2)3)21-14-9-7-6-8-13(14)18(16)23;/h6-9,12H,4-5,10-11H2,1-3H3;1H. The van der Waals surface area contributed by atoms with Crippen LogP contribution in [0.5, 0.6) is 0 Å². The van der Waals surface area contributed by atoms with Gasteiger partial charge in [-0.15, -0.1) is 12.4 Å². The first-order valence-corrected chi connectivity index (χ1v) is 8.64. The van der Waals surface area contributed by atoms with Gasteiger partial charge in [0, 0.05) is 11.9 Å². The first-order valence-electron chi connectivity index (χ1n) is 8.64. The van der Waals surface area contributed by atoms with Crippen LogP contribution in [0.25, 0.3) is 21.9 Å². The van der Waals surface area contributed by atoms with E-state index in [2.05, 4.69) is 16.9 Å². The molecule has 2 aromatic heterocycles. The number of rotatable bonds is 6. The van der Waals surface area contributed by atoms with Crippen LogP contribution in [0.15, 0.2) is 30.6 Å². The molecule has 3 aromatic rings. The van der Waals surface area contributed by atoms with Crippen molar-refractivity contribution in [3.05, 3.63) is 36.3 Å². The monoisotopic (exact) mass is 390 g/mol. The maximum absolute atomic E-state index is 12.5. The molecule has 3 rings (SSSR count). The summed E-state index contributed by atoms with van der Waals surface area (Å²) in [6.45, 7) is 2.94. The molecule has 0 aliphatic rings. The largest absolute Gasteiger partial charge is 0.387 e. The number of nitrogens with zero attached hydrogens (tertiary/aromatic N) is 4. The summed E-state index contributed by atoms with van der Waals surface area (Å²) in [4.78, 5) is 34.8. The number of carbonyl (C=O) groups is 2. The number of hydrogen-bond donors (Lipinski definition) is 0. The van der Waals surface area contributed by atoms with Crippen LogP contribution in [0.4, 0.5) is 0 Å². The number of aromatic nitrogens is 3.